The molecular weight excluding hydrogens is 429 g/mol. The van der Waals surface area contributed by atoms with Gasteiger partial charge in [0.05, 0.1) is 12.0 Å². The molecule has 4 rings (SSSR count). The Morgan fingerprint density at radius 3 is 2.64 bits per heavy atom. The smallest absolute Gasteiger partial charge is 0.332 e. The number of halogens is 1. The second-order valence-electron chi connectivity index (χ2n) is 7.83. The van der Waals surface area contributed by atoms with E-state index >= 15 is 0 Å². The van der Waals surface area contributed by atoms with Crippen molar-refractivity contribution in [1.29, 1.82) is 0 Å². The number of nitrogens with one attached hydrogen (secondary N) is 1. The van der Waals surface area contributed by atoms with Gasteiger partial charge in [0.25, 0.3) is 5.56 Å². The van der Waals surface area contributed by atoms with Gasteiger partial charge in [0.1, 0.15) is 11.6 Å². The summed E-state index contributed by atoms with van der Waals surface area (Å²) in [6.45, 7) is 2.39. The fourth-order valence-electron chi connectivity index (χ4n) is 3.75. The first-order valence-corrected chi connectivity index (χ1v) is 10.4. The van der Waals surface area contributed by atoms with Gasteiger partial charge >= 0.3 is 5.69 Å². The second kappa shape index (κ2) is 8.85. The van der Waals surface area contributed by atoms with Gasteiger partial charge < -0.3 is 14.5 Å². The summed E-state index contributed by atoms with van der Waals surface area (Å²) in [6.07, 6.45) is 5.48. The predicted octanol–water partition coefficient (Wildman–Crippen LogP) is 1.16. The highest BCUT2D eigenvalue weighted by molar-refractivity contribution is 5.76. The van der Waals surface area contributed by atoms with Gasteiger partial charge in [-0.2, -0.15) is 0 Å². The zero-order valence-electron chi connectivity index (χ0n) is 18.6. The van der Waals surface area contributed by atoms with E-state index in [1.165, 1.54) is 24.0 Å². The monoisotopic (exact) mass is 453 g/mol. The van der Waals surface area contributed by atoms with Crippen molar-refractivity contribution in [3.05, 3.63) is 75.0 Å². The van der Waals surface area contributed by atoms with E-state index in [2.05, 4.69) is 15.3 Å². The molecule has 0 saturated carbocycles. The molecule has 0 atom stereocenters. The third-order valence-electron chi connectivity index (χ3n) is 5.61. The van der Waals surface area contributed by atoms with Crippen molar-refractivity contribution in [2.45, 2.75) is 32.9 Å². The number of carbonyl (C=O) groups excluding carboxylic acids is 1. The van der Waals surface area contributed by atoms with Crippen molar-refractivity contribution in [3.63, 3.8) is 0 Å². The van der Waals surface area contributed by atoms with Gasteiger partial charge in [-0.3, -0.25) is 18.7 Å². The van der Waals surface area contributed by atoms with E-state index in [-0.39, 0.29) is 18.9 Å². The molecule has 3 heterocycles. The zero-order chi connectivity index (χ0) is 23.7. The molecule has 0 aliphatic heterocycles. The van der Waals surface area contributed by atoms with Crippen LogP contribution in [-0.4, -0.2) is 34.1 Å². The first-order chi connectivity index (χ1) is 15.8. The first kappa shape index (κ1) is 22.2. The largest absolute Gasteiger partial charge is 0.352 e. The summed E-state index contributed by atoms with van der Waals surface area (Å²) < 4.78 is 20.2. The Balaban J connectivity index is 1.34. The van der Waals surface area contributed by atoms with Crippen molar-refractivity contribution in [2.75, 3.05) is 0 Å². The van der Waals surface area contributed by atoms with Gasteiger partial charge in [-0.25, -0.2) is 19.2 Å². The summed E-state index contributed by atoms with van der Waals surface area (Å²) in [7, 11) is 2.97. The SMILES string of the molecule is Cc1nccn1-c1ccc(CNC(=O)CCCn2cnc3c2c(=O)n(C)c(=O)n3C)cc1F. The molecule has 11 heteroatoms. The van der Waals surface area contributed by atoms with E-state index in [0.29, 0.717) is 41.2 Å². The standard InChI is InChI=1S/C22H24FN7O3/c1-14-24-8-10-30(14)17-7-6-15(11-16(17)23)12-25-18(31)5-4-9-29-13-26-20-19(29)21(32)28(3)22(33)27(20)2/h6-8,10-11,13H,4-5,9,12H2,1-3H3,(H,25,31). The Morgan fingerprint density at radius 2 is 1.94 bits per heavy atom. The maximum atomic E-state index is 14.5. The number of rotatable bonds is 7. The molecule has 0 radical (unpaired) electrons. The van der Waals surface area contributed by atoms with Crippen LogP contribution >= 0.6 is 0 Å². The van der Waals surface area contributed by atoms with Crippen molar-refractivity contribution in [1.82, 2.24) is 33.6 Å². The summed E-state index contributed by atoms with van der Waals surface area (Å²) >= 11 is 0. The molecule has 0 aliphatic carbocycles. The van der Waals surface area contributed by atoms with Crippen LogP contribution in [0.2, 0.25) is 0 Å². The fourth-order valence-corrected chi connectivity index (χ4v) is 3.75. The van der Waals surface area contributed by atoms with E-state index in [1.807, 2.05) is 0 Å². The number of benzene rings is 1. The molecule has 0 unspecified atom stereocenters. The molecule has 3 aromatic heterocycles. The third-order valence-corrected chi connectivity index (χ3v) is 5.61. The van der Waals surface area contributed by atoms with Gasteiger partial charge in [-0.1, -0.05) is 6.07 Å². The number of carbonyl (C=O) groups is 1. The van der Waals surface area contributed by atoms with Crippen molar-refractivity contribution in [3.8, 4) is 5.69 Å². The highest BCUT2D eigenvalue weighted by atomic mass is 19.1. The van der Waals surface area contributed by atoms with Crippen LogP contribution in [0.3, 0.4) is 0 Å². The average molecular weight is 453 g/mol. The Morgan fingerprint density at radius 1 is 1.15 bits per heavy atom. The number of hydrogen-bond acceptors (Lipinski definition) is 5. The third kappa shape index (κ3) is 4.21. The highest BCUT2D eigenvalue weighted by Gasteiger charge is 2.14. The summed E-state index contributed by atoms with van der Waals surface area (Å²) in [5.41, 5.74) is 0.810. The average Bonchev–Trinajstić information content (AvgIpc) is 3.41. The second-order valence-corrected chi connectivity index (χ2v) is 7.83. The Labute approximate surface area is 187 Å². The topological polar surface area (TPSA) is 109 Å². The summed E-state index contributed by atoms with van der Waals surface area (Å²) in [4.78, 5) is 45.0. The molecule has 1 amide bonds. The van der Waals surface area contributed by atoms with E-state index in [0.717, 1.165) is 4.57 Å². The van der Waals surface area contributed by atoms with Crippen LogP contribution in [0.15, 0.2) is 46.5 Å². The number of imidazole rings is 2. The maximum absolute atomic E-state index is 14.5. The Bertz CT molecular complexity index is 1460. The molecule has 0 spiro atoms. The minimum atomic E-state index is -0.443. The van der Waals surface area contributed by atoms with Crippen LogP contribution < -0.4 is 16.6 Å². The lowest BCUT2D eigenvalue weighted by molar-refractivity contribution is -0.121. The lowest BCUT2D eigenvalue weighted by atomic mass is 10.2. The van der Waals surface area contributed by atoms with Crippen LogP contribution in [-0.2, 0) is 32.0 Å². The Kier molecular flexibility index (Phi) is 5.95. The number of aryl methyl sites for hydroxylation is 3. The summed E-state index contributed by atoms with van der Waals surface area (Å²) in [5, 5.41) is 2.79. The minimum absolute atomic E-state index is 0.185. The molecule has 1 N–H and O–H groups in total. The summed E-state index contributed by atoms with van der Waals surface area (Å²) in [6, 6.07) is 4.81. The van der Waals surface area contributed by atoms with E-state index in [1.54, 1.807) is 47.6 Å². The molecule has 4 aromatic rings. The molecular formula is C22H24FN7O3. The van der Waals surface area contributed by atoms with Crippen LogP contribution in [0.4, 0.5) is 4.39 Å². The fraction of sp³-hybridized carbons (Fsp3) is 0.318. The molecule has 1 aromatic carbocycles. The quantitative estimate of drug-likeness (QED) is 0.452. The van der Waals surface area contributed by atoms with Gasteiger partial charge in [0.15, 0.2) is 11.2 Å². The molecule has 172 valence electrons. The number of fused-ring (bicyclic) bond motifs is 1. The first-order valence-electron chi connectivity index (χ1n) is 10.4. The molecule has 10 nitrogen and oxygen atoms in total. The number of aromatic nitrogens is 6. The summed E-state index contributed by atoms with van der Waals surface area (Å²) in [5.74, 6) is 0.0983. The van der Waals surface area contributed by atoms with Gasteiger partial charge in [0, 0.05) is 46.0 Å². The number of amides is 1. The van der Waals surface area contributed by atoms with Crippen molar-refractivity contribution < 1.29 is 9.18 Å². The molecule has 0 bridgehead atoms. The van der Waals surface area contributed by atoms with Crippen LogP contribution in [0.5, 0.6) is 0 Å². The molecule has 0 saturated heterocycles. The van der Waals surface area contributed by atoms with E-state index in [9.17, 15) is 18.8 Å². The maximum Gasteiger partial charge on any atom is 0.332 e. The molecule has 0 aliphatic rings. The minimum Gasteiger partial charge on any atom is -0.352 e. The van der Waals surface area contributed by atoms with Crippen LogP contribution in [0.25, 0.3) is 16.9 Å². The van der Waals surface area contributed by atoms with Crippen LogP contribution in [0.1, 0.15) is 24.2 Å². The van der Waals surface area contributed by atoms with E-state index in [4.69, 9.17) is 0 Å². The number of nitrogens with zero attached hydrogens (tertiary/aromatic N) is 6. The van der Waals surface area contributed by atoms with E-state index < -0.39 is 17.1 Å². The van der Waals surface area contributed by atoms with Gasteiger partial charge in [-0.05, 0) is 31.0 Å². The normalized spacial score (nSPS) is 11.3. The zero-order valence-corrected chi connectivity index (χ0v) is 18.6. The van der Waals surface area contributed by atoms with Crippen LogP contribution in [0, 0.1) is 12.7 Å². The van der Waals surface area contributed by atoms with Gasteiger partial charge in [0.2, 0.25) is 5.91 Å². The van der Waals surface area contributed by atoms with Crippen molar-refractivity contribution >= 4 is 17.1 Å². The predicted molar refractivity (Wildman–Crippen MR) is 120 cm³/mol. The Hall–Kier alpha value is -4.02. The lowest BCUT2D eigenvalue weighted by Crippen LogP contribution is -2.37. The highest BCUT2D eigenvalue weighted by Crippen LogP contribution is 2.17. The van der Waals surface area contributed by atoms with Gasteiger partial charge in [-0.15, -0.1) is 0 Å². The number of hydrogen-bond donors (Lipinski definition) is 1. The lowest BCUT2D eigenvalue weighted by Gasteiger charge is -2.10. The molecule has 0 fully saturated rings. The van der Waals surface area contributed by atoms with Crippen molar-refractivity contribution in [2.24, 2.45) is 14.1 Å². The molecule has 33 heavy (non-hydrogen) atoms.